The van der Waals surface area contributed by atoms with Crippen LogP contribution in [0.5, 0.6) is 0 Å². The van der Waals surface area contributed by atoms with Crippen molar-refractivity contribution in [1.29, 1.82) is 5.26 Å². The molecule has 2 aromatic rings. The average molecular weight is 295 g/mol. The van der Waals surface area contributed by atoms with Crippen molar-refractivity contribution in [2.45, 2.75) is 19.4 Å². The van der Waals surface area contributed by atoms with Crippen molar-refractivity contribution in [2.75, 3.05) is 18.4 Å². The van der Waals surface area contributed by atoms with Crippen molar-refractivity contribution >= 4 is 11.3 Å². The van der Waals surface area contributed by atoms with Gasteiger partial charge < -0.3 is 5.32 Å². The van der Waals surface area contributed by atoms with Crippen molar-refractivity contribution in [3.8, 4) is 6.07 Å². The zero-order valence-corrected chi connectivity index (χ0v) is 12.2. The van der Waals surface area contributed by atoms with Gasteiger partial charge in [-0.3, -0.25) is 4.90 Å². The van der Waals surface area contributed by atoms with Gasteiger partial charge in [0.2, 0.25) is 5.82 Å². The summed E-state index contributed by atoms with van der Waals surface area (Å²) in [5, 5.41) is 25.8. The number of hydrogen-bond acceptors (Lipinski definition) is 6. The lowest BCUT2D eigenvalue weighted by Crippen LogP contribution is -2.19. The molecule has 1 aliphatic heterocycles. The number of H-pyrrole nitrogens is 1. The first kappa shape index (κ1) is 14.2. The molecule has 0 atom stereocenters. The zero-order valence-electron chi connectivity index (χ0n) is 12.2. The number of hydrogen-bond donors (Lipinski definition) is 2. The third-order valence-corrected chi connectivity index (χ3v) is 3.69. The molecule has 0 bridgehead atoms. The van der Waals surface area contributed by atoms with E-state index in [0.29, 0.717) is 5.57 Å². The van der Waals surface area contributed by atoms with E-state index in [1.165, 1.54) is 18.4 Å². The van der Waals surface area contributed by atoms with Gasteiger partial charge in [-0.15, -0.1) is 10.2 Å². The maximum absolute atomic E-state index is 9.19. The maximum atomic E-state index is 9.19. The van der Waals surface area contributed by atoms with Crippen LogP contribution in [0.15, 0.2) is 30.5 Å². The average Bonchev–Trinajstić information content (AvgIpc) is 3.23. The Balaban J connectivity index is 1.76. The number of likely N-dealkylation sites (tertiary alicyclic amines) is 1. The highest BCUT2D eigenvalue weighted by Gasteiger charge is 2.13. The second kappa shape index (κ2) is 6.83. The molecule has 1 fully saturated rings. The quantitative estimate of drug-likeness (QED) is 0.817. The van der Waals surface area contributed by atoms with E-state index in [-0.39, 0.29) is 5.82 Å². The third-order valence-electron chi connectivity index (χ3n) is 3.69. The fourth-order valence-corrected chi connectivity index (χ4v) is 2.55. The Bertz CT molecular complexity index is 678. The summed E-state index contributed by atoms with van der Waals surface area (Å²) in [5.74, 6) is 0.284. The number of benzene rings is 1. The Hall–Kier alpha value is -2.72. The van der Waals surface area contributed by atoms with Gasteiger partial charge in [0.25, 0.3) is 0 Å². The number of aromatic nitrogens is 4. The largest absolute Gasteiger partial charge is 0.360 e. The molecule has 7 nitrogen and oxygen atoms in total. The number of rotatable bonds is 5. The van der Waals surface area contributed by atoms with E-state index in [4.69, 9.17) is 0 Å². The molecular formula is C15H17N7. The lowest BCUT2D eigenvalue weighted by atomic mass is 10.1. The van der Waals surface area contributed by atoms with Crippen LogP contribution in [-0.4, -0.2) is 38.6 Å². The normalized spacial score (nSPS) is 15.7. The SMILES string of the molecule is N#CC(=CNc1ccccc1CN1CCCC1)c1nn[nH]n1. The minimum Gasteiger partial charge on any atom is -0.360 e. The molecule has 0 aliphatic carbocycles. The summed E-state index contributed by atoms with van der Waals surface area (Å²) in [4.78, 5) is 2.44. The van der Waals surface area contributed by atoms with Crippen LogP contribution in [0.2, 0.25) is 0 Å². The lowest BCUT2D eigenvalue weighted by molar-refractivity contribution is 0.332. The summed E-state index contributed by atoms with van der Waals surface area (Å²) >= 11 is 0. The van der Waals surface area contributed by atoms with Gasteiger partial charge in [-0.25, -0.2) is 0 Å². The number of para-hydroxylation sites is 1. The van der Waals surface area contributed by atoms with E-state index in [1.54, 1.807) is 6.20 Å². The molecule has 0 spiro atoms. The van der Waals surface area contributed by atoms with Gasteiger partial charge in [0, 0.05) is 18.4 Å². The number of tetrazole rings is 1. The molecule has 1 saturated heterocycles. The van der Waals surface area contributed by atoms with E-state index >= 15 is 0 Å². The highest BCUT2D eigenvalue weighted by Crippen LogP contribution is 2.20. The minimum atomic E-state index is 0.284. The minimum absolute atomic E-state index is 0.284. The first-order valence-electron chi connectivity index (χ1n) is 7.27. The first-order valence-corrected chi connectivity index (χ1v) is 7.27. The molecule has 22 heavy (non-hydrogen) atoms. The summed E-state index contributed by atoms with van der Waals surface area (Å²) in [7, 11) is 0. The number of nitrogens with zero attached hydrogens (tertiary/aromatic N) is 5. The van der Waals surface area contributed by atoms with Crippen LogP contribution in [0.1, 0.15) is 24.2 Å². The van der Waals surface area contributed by atoms with Gasteiger partial charge >= 0.3 is 0 Å². The number of allylic oxidation sites excluding steroid dienone is 1. The van der Waals surface area contributed by atoms with Crippen molar-refractivity contribution in [3.05, 3.63) is 41.9 Å². The van der Waals surface area contributed by atoms with Crippen molar-refractivity contribution in [1.82, 2.24) is 25.5 Å². The second-order valence-corrected chi connectivity index (χ2v) is 5.19. The summed E-state index contributed by atoms with van der Waals surface area (Å²) in [6.07, 6.45) is 4.16. The van der Waals surface area contributed by atoms with Crippen molar-refractivity contribution < 1.29 is 0 Å². The Morgan fingerprint density at radius 2 is 2.18 bits per heavy atom. The van der Waals surface area contributed by atoms with Gasteiger partial charge in [0.05, 0.1) is 0 Å². The molecule has 0 amide bonds. The fourth-order valence-electron chi connectivity index (χ4n) is 2.55. The van der Waals surface area contributed by atoms with Crippen molar-refractivity contribution in [2.24, 2.45) is 0 Å². The smallest absolute Gasteiger partial charge is 0.216 e. The molecule has 0 radical (unpaired) electrons. The van der Waals surface area contributed by atoms with Gasteiger partial charge in [-0.05, 0) is 42.8 Å². The molecule has 112 valence electrons. The Labute approximate surface area is 128 Å². The van der Waals surface area contributed by atoms with Crippen LogP contribution in [0.25, 0.3) is 5.57 Å². The highest BCUT2D eigenvalue weighted by atomic mass is 15.5. The van der Waals surface area contributed by atoms with Crippen LogP contribution in [0.3, 0.4) is 0 Å². The molecule has 2 N–H and O–H groups in total. The van der Waals surface area contributed by atoms with Crippen molar-refractivity contribution in [3.63, 3.8) is 0 Å². The van der Waals surface area contributed by atoms with Gasteiger partial charge in [0.1, 0.15) is 11.6 Å². The molecule has 1 aromatic carbocycles. The van der Waals surface area contributed by atoms with Crippen LogP contribution in [0, 0.1) is 11.3 Å². The topological polar surface area (TPSA) is 93.5 Å². The summed E-state index contributed by atoms with van der Waals surface area (Å²) in [5.41, 5.74) is 2.54. The summed E-state index contributed by atoms with van der Waals surface area (Å²) in [6, 6.07) is 10.2. The Kier molecular flexibility index (Phi) is 4.41. The van der Waals surface area contributed by atoms with E-state index < -0.39 is 0 Å². The standard InChI is InChI=1S/C15H17N7/c16-9-13(15-18-20-21-19-15)10-17-14-6-2-1-5-12(14)11-22-7-3-4-8-22/h1-2,5-6,10,17H,3-4,7-8,11H2,(H,18,19,20,21). The molecular weight excluding hydrogens is 278 g/mol. The molecule has 7 heteroatoms. The Morgan fingerprint density at radius 3 is 2.91 bits per heavy atom. The van der Waals surface area contributed by atoms with E-state index in [9.17, 15) is 5.26 Å². The first-order chi connectivity index (χ1) is 10.9. The lowest BCUT2D eigenvalue weighted by Gasteiger charge is -2.17. The molecule has 3 rings (SSSR count). The van der Waals surface area contributed by atoms with Crippen LogP contribution in [0.4, 0.5) is 5.69 Å². The molecule has 2 heterocycles. The summed E-state index contributed by atoms with van der Waals surface area (Å²) in [6.45, 7) is 3.22. The third kappa shape index (κ3) is 3.30. The predicted molar refractivity (Wildman–Crippen MR) is 82.3 cm³/mol. The number of nitriles is 1. The number of nitrogens with one attached hydrogen (secondary N) is 2. The van der Waals surface area contributed by atoms with E-state index in [0.717, 1.165) is 25.3 Å². The second-order valence-electron chi connectivity index (χ2n) is 5.19. The highest BCUT2D eigenvalue weighted by molar-refractivity contribution is 5.74. The molecule has 0 unspecified atom stereocenters. The zero-order chi connectivity index (χ0) is 15.2. The van der Waals surface area contributed by atoms with Crippen LogP contribution < -0.4 is 5.32 Å². The molecule has 1 aromatic heterocycles. The fraction of sp³-hybridized carbons (Fsp3) is 0.333. The van der Waals surface area contributed by atoms with E-state index in [2.05, 4.69) is 43.0 Å². The van der Waals surface area contributed by atoms with Gasteiger partial charge in [-0.1, -0.05) is 18.2 Å². The molecule has 1 aliphatic rings. The summed E-state index contributed by atoms with van der Waals surface area (Å²) < 4.78 is 0. The van der Waals surface area contributed by atoms with Crippen LogP contribution in [-0.2, 0) is 6.54 Å². The predicted octanol–water partition coefficient (Wildman–Crippen LogP) is 1.77. The van der Waals surface area contributed by atoms with Gasteiger partial charge in [0.15, 0.2) is 0 Å². The van der Waals surface area contributed by atoms with E-state index in [1.807, 2.05) is 18.2 Å². The Morgan fingerprint density at radius 1 is 1.36 bits per heavy atom. The monoisotopic (exact) mass is 295 g/mol. The number of anilines is 1. The van der Waals surface area contributed by atoms with Crippen LogP contribution >= 0.6 is 0 Å². The number of aromatic amines is 1. The van der Waals surface area contributed by atoms with Gasteiger partial charge in [-0.2, -0.15) is 10.5 Å². The molecule has 0 saturated carbocycles. The maximum Gasteiger partial charge on any atom is 0.216 e.